The van der Waals surface area contributed by atoms with Crippen molar-refractivity contribution in [3.63, 3.8) is 0 Å². The highest BCUT2D eigenvalue weighted by molar-refractivity contribution is 5.75. The van der Waals surface area contributed by atoms with Crippen molar-refractivity contribution in [1.82, 2.24) is 0 Å². The molecule has 106 valence electrons. The molecule has 0 saturated heterocycles. The lowest BCUT2D eigenvalue weighted by Crippen LogP contribution is -2.33. The predicted octanol–water partition coefficient (Wildman–Crippen LogP) is 2.22. The van der Waals surface area contributed by atoms with Crippen molar-refractivity contribution in [3.05, 3.63) is 29.3 Å². The Morgan fingerprint density at radius 3 is 2.79 bits per heavy atom. The molecule has 0 radical (unpaired) electrons. The summed E-state index contributed by atoms with van der Waals surface area (Å²) in [6.45, 7) is 4.84. The molecule has 0 bridgehead atoms. The van der Waals surface area contributed by atoms with Crippen LogP contribution in [0.5, 0.6) is 5.75 Å². The fourth-order valence-corrected chi connectivity index (χ4v) is 1.74. The maximum absolute atomic E-state index is 11.3. The first-order valence-corrected chi connectivity index (χ1v) is 6.64. The highest BCUT2D eigenvalue weighted by Crippen LogP contribution is 2.20. The number of ether oxygens (including phenoxy) is 2. The number of unbranched alkanes of at least 4 members (excludes halogenated alkanes) is 1. The fourth-order valence-electron chi connectivity index (χ4n) is 1.74. The summed E-state index contributed by atoms with van der Waals surface area (Å²) in [6.07, 6.45) is 2.59. The largest absolute Gasteiger partial charge is 0.493 e. The van der Waals surface area contributed by atoms with Gasteiger partial charge in [-0.2, -0.15) is 0 Å². The number of esters is 1. The molecule has 4 heteroatoms. The Kier molecular flexibility index (Phi) is 6.36. The molecule has 0 spiro atoms. The number of benzene rings is 1. The summed E-state index contributed by atoms with van der Waals surface area (Å²) in [4.78, 5) is 11.3. The lowest BCUT2D eigenvalue weighted by Gasteiger charge is -2.13. The number of carbonyl (C=O) groups is 1. The number of carbonyl (C=O) groups excluding carboxylic acids is 1. The van der Waals surface area contributed by atoms with Crippen molar-refractivity contribution in [2.24, 2.45) is 5.73 Å². The van der Waals surface area contributed by atoms with Crippen LogP contribution in [0.1, 0.15) is 30.9 Å². The number of nitrogens with two attached hydrogens (primary N) is 1. The van der Waals surface area contributed by atoms with Gasteiger partial charge in [0.25, 0.3) is 0 Å². The average molecular weight is 265 g/mol. The number of aryl methyl sites for hydroxylation is 1. The third-order valence-electron chi connectivity index (χ3n) is 2.97. The van der Waals surface area contributed by atoms with E-state index in [-0.39, 0.29) is 0 Å². The van der Waals surface area contributed by atoms with Crippen LogP contribution in [0.25, 0.3) is 0 Å². The van der Waals surface area contributed by atoms with Gasteiger partial charge in [-0.3, -0.25) is 4.79 Å². The van der Waals surface area contributed by atoms with E-state index >= 15 is 0 Å². The number of hydrogen-bond acceptors (Lipinski definition) is 4. The Bertz CT molecular complexity index is 418. The van der Waals surface area contributed by atoms with Crippen LogP contribution in [0.4, 0.5) is 0 Å². The summed E-state index contributed by atoms with van der Waals surface area (Å²) in [6, 6.07) is 5.27. The molecule has 0 aromatic heterocycles. The Labute approximate surface area is 114 Å². The van der Waals surface area contributed by atoms with E-state index in [1.54, 1.807) is 0 Å². The maximum atomic E-state index is 11.3. The van der Waals surface area contributed by atoms with Crippen LogP contribution in [0.2, 0.25) is 0 Å². The Morgan fingerprint density at radius 2 is 2.16 bits per heavy atom. The zero-order valence-corrected chi connectivity index (χ0v) is 11.9. The monoisotopic (exact) mass is 265 g/mol. The first-order chi connectivity index (χ1) is 9.08. The van der Waals surface area contributed by atoms with E-state index in [9.17, 15) is 4.79 Å². The van der Waals surface area contributed by atoms with Crippen LogP contribution < -0.4 is 10.5 Å². The molecule has 0 aliphatic carbocycles. The molecule has 0 heterocycles. The zero-order valence-electron chi connectivity index (χ0n) is 11.9. The molecule has 19 heavy (non-hydrogen) atoms. The maximum Gasteiger partial charge on any atom is 0.322 e. The number of rotatable bonds is 7. The van der Waals surface area contributed by atoms with Gasteiger partial charge in [0, 0.05) is 0 Å². The van der Waals surface area contributed by atoms with Crippen molar-refractivity contribution >= 4 is 5.97 Å². The summed E-state index contributed by atoms with van der Waals surface area (Å²) in [7, 11) is 1.34. The van der Waals surface area contributed by atoms with E-state index in [1.165, 1.54) is 7.11 Å². The summed E-state index contributed by atoms with van der Waals surface area (Å²) in [5.41, 5.74) is 7.83. The molecule has 0 aliphatic rings. The second-order valence-electron chi connectivity index (χ2n) is 4.64. The quantitative estimate of drug-likeness (QED) is 0.606. The second kappa shape index (κ2) is 7.79. The van der Waals surface area contributed by atoms with E-state index in [4.69, 9.17) is 10.5 Å². The lowest BCUT2D eigenvalue weighted by atomic mass is 10.0. The van der Waals surface area contributed by atoms with Gasteiger partial charge in [0.2, 0.25) is 0 Å². The van der Waals surface area contributed by atoms with Crippen LogP contribution >= 0.6 is 0 Å². The van der Waals surface area contributed by atoms with Gasteiger partial charge in [-0.15, -0.1) is 0 Å². The second-order valence-corrected chi connectivity index (χ2v) is 4.64. The van der Waals surface area contributed by atoms with Crippen molar-refractivity contribution in [2.75, 3.05) is 13.7 Å². The summed E-state index contributed by atoms with van der Waals surface area (Å²) < 4.78 is 10.4. The normalized spacial score (nSPS) is 12.0. The first kappa shape index (κ1) is 15.5. The average Bonchev–Trinajstić information content (AvgIpc) is 2.41. The minimum Gasteiger partial charge on any atom is -0.493 e. The van der Waals surface area contributed by atoms with Crippen LogP contribution in [0.15, 0.2) is 18.2 Å². The minimum atomic E-state index is -0.629. The number of methoxy groups -OCH3 is 1. The molecule has 0 saturated carbocycles. The Hall–Kier alpha value is -1.55. The van der Waals surface area contributed by atoms with E-state index in [0.717, 1.165) is 29.7 Å². The van der Waals surface area contributed by atoms with Crippen LogP contribution in [0, 0.1) is 6.92 Å². The van der Waals surface area contributed by atoms with E-state index in [1.807, 2.05) is 25.1 Å². The molecule has 1 rings (SSSR count). The van der Waals surface area contributed by atoms with Gasteiger partial charge in [0.15, 0.2) is 0 Å². The molecule has 0 amide bonds. The van der Waals surface area contributed by atoms with Gasteiger partial charge < -0.3 is 15.2 Å². The topological polar surface area (TPSA) is 61.5 Å². The Morgan fingerprint density at radius 1 is 1.42 bits per heavy atom. The van der Waals surface area contributed by atoms with Crippen molar-refractivity contribution in [3.8, 4) is 5.75 Å². The summed E-state index contributed by atoms with van der Waals surface area (Å²) in [5.74, 6) is 0.469. The molecule has 4 nitrogen and oxygen atoms in total. The SMILES string of the molecule is CCCCOc1cc(C[C@H](N)C(=O)OC)ccc1C. The van der Waals surface area contributed by atoms with Crippen molar-refractivity contribution < 1.29 is 14.3 Å². The third-order valence-corrected chi connectivity index (χ3v) is 2.97. The minimum absolute atomic E-state index is 0.394. The smallest absolute Gasteiger partial charge is 0.322 e. The van der Waals surface area contributed by atoms with Gasteiger partial charge in [-0.05, 0) is 37.0 Å². The van der Waals surface area contributed by atoms with Crippen LogP contribution in [-0.4, -0.2) is 25.7 Å². The molecular formula is C15H23NO3. The Balaban J connectivity index is 2.69. The molecule has 1 aromatic rings. The van der Waals surface area contributed by atoms with Crippen molar-refractivity contribution in [2.45, 2.75) is 39.2 Å². The molecular weight excluding hydrogens is 242 g/mol. The van der Waals surface area contributed by atoms with Gasteiger partial charge >= 0.3 is 5.97 Å². The molecule has 0 aliphatic heterocycles. The van der Waals surface area contributed by atoms with Gasteiger partial charge in [-0.1, -0.05) is 25.5 Å². The highest BCUT2D eigenvalue weighted by atomic mass is 16.5. The first-order valence-electron chi connectivity index (χ1n) is 6.64. The standard InChI is InChI=1S/C15H23NO3/c1-4-5-8-19-14-10-12(7-6-11(14)2)9-13(16)15(17)18-3/h6-7,10,13H,4-5,8-9,16H2,1-3H3/t13-/m0/s1. The summed E-state index contributed by atoms with van der Waals surface area (Å²) >= 11 is 0. The molecule has 2 N–H and O–H groups in total. The highest BCUT2D eigenvalue weighted by Gasteiger charge is 2.14. The lowest BCUT2D eigenvalue weighted by molar-refractivity contribution is -0.142. The zero-order chi connectivity index (χ0) is 14.3. The molecule has 1 atom stereocenters. The van der Waals surface area contributed by atoms with Gasteiger partial charge in [0.1, 0.15) is 11.8 Å². The van der Waals surface area contributed by atoms with Crippen LogP contribution in [0.3, 0.4) is 0 Å². The van der Waals surface area contributed by atoms with Gasteiger partial charge in [0.05, 0.1) is 13.7 Å². The fraction of sp³-hybridized carbons (Fsp3) is 0.533. The van der Waals surface area contributed by atoms with E-state index in [0.29, 0.717) is 13.0 Å². The summed E-state index contributed by atoms with van der Waals surface area (Å²) in [5, 5.41) is 0. The number of hydrogen-bond donors (Lipinski definition) is 1. The third kappa shape index (κ3) is 4.91. The van der Waals surface area contributed by atoms with Crippen molar-refractivity contribution in [1.29, 1.82) is 0 Å². The van der Waals surface area contributed by atoms with Crippen LogP contribution in [-0.2, 0) is 16.0 Å². The molecule has 0 unspecified atom stereocenters. The van der Waals surface area contributed by atoms with Gasteiger partial charge in [-0.25, -0.2) is 0 Å². The predicted molar refractivity (Wildman–Crippen MR) is 75.3 cm³/mol. The molecule has 1 aromatic carbocycles. The van der Waals surface area contributed by atoms with E-state index < -0.39 is 12.0 Å². The molecule has 0 fully saturated rings. The van der Waals surface area contributed by atoms with E-state index in [2.05, 4.69) is 11.7 Å².